The van der Waals surface area contributed by atoms with Crippen molar-refractivity contribution in [1.29, 1.82) is 0 Å². The zero-order valence-corrected chi connectivity index (χ0v) is 10.2. The maximum Gasteiger partial charge on any atom is 0.475 e. The number of nitrogens with zero attached hydrogens (tertiary/aromatic N) is 2. The second-order valence-corrected chi connectivity index (χ2v) is 4.12. The molecule has 0 saturated heterocycles. The Hall–Kier alpha value is -1.86. The molecule has 1 heterocycles. The van der Waals surface area contributed by atoms with Crippen molar-refractivity contribution in [2.45, 2.75) is 18.8 Å². The number of hydrogen-bond donors (Lipinski definition) is 0. The zero-order chi connectivity index (χ0) is 14.8. The summed E-state index contributed by atoms with van der Waals surface area (Å²) in [6.07, 6.45) is -5.71. The van der Waals surface area contributed by atoms with E-state index >= 15 is 0 Å². The minimum atomic E-state index is -5.71. The Kier molecular flexibility index (Phi) is 3.82. The first-order chi connectivity index (χ1) is 9.32. The van der Waals surface area contributed by atoms with Crippen molar-refractivity contribution in [2.24, 2.45) is 4.99 Å². The summed E-state index contributed by atoms with van der Waals surface area (Å²) in [6, 6.07) is 1.92. The molecule has 0 aliphatic carbocycles. The molecule has 0 saturated carbocycles. The molecule has 2 rings (SSSR count). The van der Waals surface area contributed by atoms with Gasteiger partial charge in [-0.1, -0.05) is 30.3 Å². The van der Waals surface area contributed by atoms with E-state index in [9.17, 15) is 22.0 Å². The second-order valence-electron chi connectivity index (χ2n) is 4.12. The van der Waals surface area contributed by atoms with E-state index in [4.69, 9.17) is 4.74 Å². The average molecular weight is 294 g/mol. The molecular weight excluding hydrogens is 283 g/mol. The van der Waals surface area contributed by atoms with Crippen LogP contribution in [0.5, 0.6) is 0 Å². The maximum absolute atomic E-state index is 13.6. The first kappa shape index (κ1) is 14.5. The number of ether oxygens (including phenoxy) is 1. The third kappa shape index (κ3) is 2.83. The number of aliphatic imine (C=N–C) groups is 1. The molecule has 0 radical (unpaired) electrons. The van der Waals surface area contributed by atoms with Crippen LogP contribution in [0.25, 0.3) is 0 Å². The van der Waals surface area contributed by atoms with Gasteiger partial charge in [-0.15, -0.1) is 0 Å². The quantitative estimate of drug-likeness (QED) is 0.632. The third-order valence-corrected chi connectivity index (χ3v) is 2.66. The topological polar surface area (TPSA) is 24.8 Å². The summed E-state index contributed by atoms with van der Waals surface area (Å²) in [5, 5.41) is 0. The van der Waals surface area contributed by atoms with Crippen LogP contribution in [0.3, 0.4) is 0 Å². The van der Waals surface area contributed by atoms with Crippen molar-refractivity contribution in [2.75, 3.05) is 13.2 Å². The van der Waals surface area contributed by atoms with Crippen LogP contribution in [0.15, 0.2) is 35.3 Å². The lowest BCUT2D eigenvalue weighted by atomic mass is 10.2. The van der Waals surface area contributed by atoms with E-state index in [0.717, 1.165) is 0 Å². The molecule has 3 nitrogen and oxygen atoms in total. The van der Waals surface area contributed by atoms with E-state index in [1.165, 1.54) is 12.1 Å². The maximum atomic E-state index is 13.6. The van der Waals surface area contributed by atoms with E-state index in [2.05, 4.69) is 4.99 Å². The first-order valence-electron chi connectivity index (χ1n) is 5.76. The summed E-state index contributed by atoms with van der Waals surface area (Å²) >= 11 is 0. The summed E-state index contributed by atoms with van der Waals surface area (Å²) < 4.78 is 69.5. The molecule has 0 spiro atoms. The van der Waals surface area contributed by atoms with E-state index in [0.29, 0.717) is 5.56 Å². The minimum absolute atomic E-state index is 0.00540. The fourth-order valence-corrected chi connectivity index (χ4v) is 1.69. The molecule has 0 unspecified atom stereocenters. The van der Waals surface area contributed by atoms with E-state index in [1.807, 2.05) is 0 Å². The molecule has 1 aromatic carbocycles. The average Bonchev–Trinajstić information content (AvgIpc) is 2.89. The Morgan fingerprint density at radius 2 is 1.75 bits per heavy atom. The van der Waals surface area contributed by atoms with E-state index in [-0.39, 0.29) is 18.1 Å². The Morgan fingerprint density at radius 3 is 2.25 bits per heavy atom. The summed E-state index contributed by atoms with van der Waals surface area (Å²) in [6.45, 7) is -0.588. The Bertz CT molecular complexity index is 486. The van der Waals surface area contributed by atoms with Crippen molar-refractivity contribution >= 4 is 6.02 Å². The Labute approximate surface area is 111 Å². The SMILES string of the molecule is FC(F)(F)C(F)(F)N(Cc1ccccc1)C1=NCCO1. The number of alkyl halides is 5. The van der Waals surface area contributed by atoms with Crippen LogP contribution in [-0.2, 0) is 11.3 Å². The summed E-state index contributed by atoms with van der Waals surface area (Å²) in [5.74, 6) is 0. The summed E-state index contributed by atoms with van der Waals surface area (Å²) in [5.41, 5.74) is 0.301. The lowest BCUT2D eigenvalue weighted by Crippen LogP contribution is -2.54. The van der Waals surface area contributed by atoms with Crippen molar-refractivity contribution in [1.82, 2.24) is 4.90 Å². The van der Waals surface area contributed by atoms with Gasteiger partial charge in [-0.25, -0.2) is 4.99 Å². The largest absolute Gasteiger partial charge is 0.475 e. The molecule has 8 heteroatoms. The lowest BCUT2D eigenvalue weighted by molar-refractivity contribution is -0.330. The van der Waals surface area contributed by atoms with Crippen LogP contribution in [0.2, 0.25) is 0 Å². The van der Waals surface area contributed by atoms with Gasteiger partial charge in [0, 0.05) is 0 Å². The Balaban J connectivity index is 2.30. The van der Waals surface area contributed by atoms with Crippen molar-refractivity contribution in [3.63, 3.8) is 0 Å². The highest BCUT2D eigenvalue weighted by Crippen LogP contribution is 2.39. The normalized spacial score (nSPS) is 15.8. The van der Waals surface area contributed by atoms with Crippen LogP contribution in [-0.4, -0.2) is 36.3 Å². The molecule has 1 aliphatic heterocycles. The van der Waals surface area contributed by atoms with Gasteiger partial charge in [0.2, 0.25) is 0 Å². The molecule has 0 bridgehead atoms. The van der Waals surface area contributed by atoms with Gasteiger partial charge in [0.25, 0.3) is 6.02 Å². The van der Waals surface area contributed by atoms with Crippen molar-refractivity contribution in [3.8, 4) is 0 Å². The first-order valence-corrected chi connectivity index (χ1v) is 5.76. The molecule has 0 amide bonds. The third-order valence-electron chi connectivity index (χ3n) is 2.66. The fraction of sp³-hybridized carbons (Fsp3) is 0.417. The highest BCUT2D eigenvalue weighted by atomic mass is 19.4. The fourth-order valence-electron chi connectivity index (χ4n) is 1.69. The van der Waals surface area contributed by atoms with Crippen LogP contribution < -0.4 is 0 Å². The number of halogens is 5. The van der Waals surface area contributed by atoms with Gasteiger partial charge in [0.1, 0.15) is 6.61 Å². The highest BCUT2D eigenvalue weighted by Gasteiger charge is 2.63. The van der Waals surface area contributed by atoms with Gasteiger partial charge in [-0.05, 0) is 5.56 Å². The van der Waals surface area contributed by atoms with Crippen LogP contribution in [0.4, 0.5) is 22.0 Å². The molecule has 1 aliphatic rings. The molecule has 110 valence electrons. The van der Waals surface area contributed by atoms with Gasteiger partial charge in [-0.3, -0.25) is 4.90 Å². The molecule has 0 atom stereocenters. The second kappa shape index (κ2) is 5.26. The highest BCUT2D eigenvalue weighted by molar-refractivity contribution is 5.75. The van der Waals surface area contributed by atoms with Crippen molar-refractivity contribution < 1.29 is 26.7 Å². The number of benzene rings is 1. The standard InChI is InChI=1S/C12H11F5N2O/c13-11(14,15)12(16,17)19(10-18-6-7-20-10)8-9-4-2-1-3-5-9/h1-5H,6-8H2. The van der Waals surface area contributed by atoms with Gasteiger partial charge >= 0.3 is 12.2 Å². The lowest BCUT2D eigenvalue weighted by Gasteiger charge is -2.32. The van der Waals surface area contributed by atoms with Crippen LogP contribution in [0, 0.1) is 0 Å². The molecule has 0 aromatic heterocycles. The van der Waals surface area contributed by atoms with Crippen molar-refractivity contribution in [3.05, 3.63) is 35.9 Å². The molecule has 1 aromatic rings. The van der Waals surface area contributed by atoms with E-state index < -0.39 is 24.8 Å². The predicted molar refractivity (Wildman–Crippen MR) is 61.2 cm³/mol. The van der Waals surface area contributed by atoms with E-state index in [1.54, 1.807) is 18.2 Å². The van der Waals surface area contributed by atoms with Gasteiger partial charge < -0.3 is 4.74 Å². The van der Waals surface area contributed by atoms with Crippen LogP contribution >= 0.6 is 0 Å². The molecule has 0 N–H and O–H groups in total. The predicted octanol–water partition coefficient (Wildman–Crippen LogP) is 3.03. The number of rotatable bonds is 3. The Morgan fingerprint density at radius 1 is 1.10 bits per heavy atom. The van der Waals surface area contributed by atoms with Gasteiger partial charge in [0.15, 0.2) is 0 Å². The monoisotopic (exact) mass is 294 g/mol. The number of amidine groups is 1. The molecule has 20 heavy (non-hydrogen) atoms. The molecule has 0 fully saturated rings. The molecular formula is C12H11F5N2O. The smallest absolute Gasteiger partial charge is 0.463 e. The zero-order valence-electron chi connectivity index (χ0n) is 10.2. The van der Waals surface area contributed by atoms with Gasteiger partial charge in [0.05, 0.1) is 13.1 Å². The van der Waals surface area contributed by atoms with Gasteiger partial charge in [-0.2, -0.15) is 22.0 Å². The summed E-state index contributed by atoms with van der Waals surface area (Å²) in [7, 11) is 0. The minimum Gasteiger partial charge on any atom is -0.463 e. The van der Waals surface area contributed by atoms with Crippen LogP contribution in [0.1, 0.15) is 5.56 Å². The summed E-state index contributed by atoms with van der Waals surface area (Å²) in [4.78, 5) is 3.39. The number of hydrogen-bond acceptors (Lipinski definition) is 3.